The quantitative estimate of drug-likeness (QED) is 0.827. The number of ether oxygens (including phenoxy) is 1. The highest BCUT2D eigenvalue weighted by atomic mass is 16.5. The van der Waals surface area contributed by atoms with E-state index in [-0.39, 0.29) is 5.60 Å². The van der Waals surface area contributed by atoms with Gasteiger partial charge in [-0.05, 0) is 31.9 Å². The van der Waals surface area contributed by atoms with Crippen LogP contribution in [0.1, 0.15) is 30.4 Å². The Bertz CT molecular complexity index is 706. The van der Waals surface area contributed by atoms with Gasteiger partial charge >= 0.3 is 0 Å². The summed E-state index contributed by atoms with van der Waals surface area (Å²) >= 11 is 0. The second-order valence-corrected chi connectivity index (χ2v) is 8.05. The molecule has 0 saturated carbocycles. The number of aromatic nitrogens is 2. The largest absolute Gasteiger partial charge is 0.373 e. The van der Waals surface area contributed by atoms with Crippen LogP contribution in [0.15, 0.2) is 42.7 Å². The third-order valence-electron chi connectivity index (χ3n) is 6.02. The summed E-state index contributed by atoms with van der Waals surface area (Å²) in [5.74, 6) is 0. The second kappa shape index (κ2) is 7.51. The van der Waals surface area contributed by atoms with Crippen molar-refractivity contribution in [1.82, 2.24) is 19.6 Å². The highest BCUT2D eigenvalue weighted by Crippen LogP contribution is 2.38. The Labute approximate surface area is 156 Å². The minimum Gasteiger partial charge on any atom is -0.373 e. The molecule has 0 amide bonds. The first-order chi connectivity index (χ1) is 12.6. The highest BCUT2D eigenvalue weighted by molar-refractivity contribution is 5.14. The molecule has 5 nitrogen and oxygen atoms in total. The summed E-state index contributed by atoms with van der Waals surface area (Å²) in [5.41, 5.74) is 2.78. The van der Waals surface area contributed by atoms with Crippen LogP contribution in [0.25, 0.3) is 0 Å². The lowest BCUT2D eigenvalue weighted by molar-refractivity contribution is -0.0452. The van der Waals surface area contributed by atoms with E-state index in [1.165, 1.54) is 11.1 Å². The standard InChI is InChI=1S/C21H30N4O/c1-23(14-18-6-4-3-5-7-18)20-12-21(26-17-20)8-10-25(11-9-21)16-19-13-22-24(2)15-19/h3-7,13,15,20H,8-12,14,16-17H2,1-2H3/t20-/m0/s1. The lowest BCUT2D eigenvalue weighted by atomic mass is 9.87. The van der Waals surface area contributed by atoms with Gasteiger partial charge in [-0.3, -0.25) is 14.5 Å². The molecular formula is C21H30N4O. The van der Waals surface area contributed by atoms with E-state index >= 15 is 0 Å². The van der Waals surface area contributed by atoms with Crippen LogP contribution in [0.3, 0.4) is 0 Å². The van der Waals surface area contributed by atoms with Crippen LogP contribution in [0, 0.1) is 0 Å². The van der Waals surface area contributed by atoms with Gasteiger partial charge in [0.05, 0.1) is 18.4 Å². The van der Waals surface area contributed by atoms with Crippen molar-refractivity contribution >= 4 is 0 Å². The van der Waals surface area contributed by atoms with E-state index in [0.717, 1.165) is 52.0 Å². The molecule has 5 heteroatoms. The molecule has 0 N–H and O–H groups in total. The monoisotopic (exact) mass is 354 g/mol. The van der Waals surface area contributed by atoms with Gasteiger partial charge in [0.25, 0.3) is 0 Å². The van der Waals surface area contributed by atoms with Crippen LogP contribution in [0.4, 0.5) is 0 Å². The summed E-state index contributed by atoms with van der Waals surface area (Å²) in [6.45, 7) is 5.10. The third kappa shape index (κ3) is 4.00. The molecule has 3 heterocycles. The summed E-state index contributed by atoms with van der Waals surface area (Å²) in [6, 6.07) is 11.3. The van der Waals surface area contributed by atoms with Crippen molar-refractivity contribution in [1.29, 1.82) is 0 Å². The molecular weight excluding hydrogens is 324 g/mol. The van der Waals surface area contributed by atoms with E-state index < -0.39 is 0 Å². The number of aryl methyl sites for hydroxylation is 1. The molecule has 1 aromatic carbocycles. The minimum atomic E-state index is 0.0983. The first-order valence-electron chi connectivity index (χ1n) is 9.70. The Morgan fingerprint density at radius 2 is 1.96 bits per heavy atom. The lowest BCUT2D eigenvalue weighted by Gasteiger charge is -2.38. The van der Waals surface area contributed by atoms with E-state index in [1.807, 2.05) is 17.9 Å². The van der Waals surface area contributed by atoms with Gasteiger partial charge in [0.15, 0.2) is 0 Å². The molecule has 0 radical (unpaired) electrons. The molecule has 0 unspecified atom stereocenters. The van der Waals surface area contributed by atoms with E-state index in [1.54, 1.807) is 0 Å². The molecule has 0 bridgehead atoms. The van der Waals surface area contributed by atoms with Crippen molar-refractivity contribution in [2.24, 2.45) is 7.05 Å². The summed E-state index contributed by atoms with van der Waals surface area (Å²) in [4.78, 5) is 5.00. The van der Waals surface area contributed by atoms with E-state index in [0.29, 0.717) is 6.04 Å². The zero-order chi connectivity index (χ0) is 18.0. The average Bonchev–Trinajstić information content (AvgIpc) is 3.25. The Morgan fingerprint density at radius 3 is 2.65 bits per heavy atom. The van der Waals surface area contributed by atoms with Crippen molar-refractivity contribution in [3.8, 4) is 0 Å². The van der Waals surface area contributed by atoms with Crippen molar-refractivity contribution in [2.45, 2.75) is 44.0 Å². The fourth-order valence-electron chi connectivity index (χ4n) is 4.38. The topological polar surface area (TPSA) is 33.5 Å². The number of hydrogen-bond donors (Lipinski definition) is 0. The Morgan fingerprint density at radius 1 is 1.19 bits per heavy atom. The zero-order valence-corrected chi connectivity index (χ0v) is 16.0. The van der Waals surface area contributed by atoms with Gasteiger partial charge < -0.3 is 4.74 Å². The molecule has 1 spiro atoms. The smallest absolute Gasteiger partial charge is 0.0723 e. The van der Waals surface area contributed by atoms with Crippen LogP contribution in [0.2, 0.25) is 0 Å². The number of benzene rings is 1. The van der Waals surface area contributed by atoms with E-state index in [9.17, 15) is 0 Å². The fourth-order valence-corrected chi connectivity index (χ4v) is 4.38. The van der Waals surface area contributed by atoms with Crippen molar-refractivity contribution in [3.05, 3.63) is 53.9 Å². The van der Waals surface area contributed by atoms with Gasteiger partial charge in [0, 0.05) is 51.0 Å². The first kappa shape index (κ1) is 17.7. The normalized spacial score (nSPS) is 23.1. The van der Waals surface area contributed by atoms with Gasteiger partial charge in [-0.1, -0.05) is 30.3 Å². The number of rotatable bonds is 5. The summed E-state index contributed by atoms with van der Waals surface area (Å²) in [5, 5.41) is 4.28. The molecule has 2 saturated heterocycles. The Balaban J connectivity index is 1.28. The van der Waals surface area contributed by atoms with E-state index in [4.69, 9.17) is 4.74 Å². The van der Waals surface area contributed by atoms with Gasteiger partial charge in [0.2, 0.25) is 0 Å². The first-order valence-corrected chi connectivity index (χ1v) is 9.70. The predicted molar refractivity (Wildman–Crippen MR) is 103 cm³/mol. The fraction of sp³-hybridized carbons (Fsp3) is 0.571. The predicted octanol–water partition coefficient (Wildman–Crippen LogP) is 2.68. The zero-order valence-electron chi connectivity index (χ0n) is 16.0. The van der Waals surface area contributed by atoms with Crippen molar-refractivity contribution in [3.63, 3.8) is 0 Å². The SMILES string of the molecule is CN(Cc1ccccc1)[C@@H]1COC2(CCN(Cc3cnn(C)c3)CC2)C1. The van der Waals surface area contributed by atoms with Crippen LogP contribution in [0.5, 0.6) is 0 Å². The van der Waals surface area contributed by atoms with Crippen LogP contribution < -0.4 is 0 Å². The average molecular weight is 354 g/mol. The maximum absolute atomic E-state index is 6.37. The number of likely N-dealkylation sites (N-methyl/N-ethyl adjacent to an activating group) is 1. The van der Waals surface area contributed by atoms with Gasteiger partial charge in [-0.2, -0.15) is 5.10 Å². The highest BCUT2D eigenvalue weighted by Gasteiger charge is 2.43. The third-order valence-corrected chi connectivity index (χ3v) is 6.02. The van der Waals surface area contributed by atoms with Crippen molar-refractivity contribution in [2.75, 3.05) is 26.7 Å². The van der Waals surface area contributed by atoms with Crippen LogP contribution in [-0.4, -0.2) is 58.0 Å². The molecule has 4 rings (SSSR count). The Kier molecular flexibility index (Phi) is 5.11. The van der Waals surface area contributed by atoms with Gasteiger partial charge in [-0.15, -0.1) is 0 Å². The molecule has 1 atom stereocenters. The molecule has 2 aliphatic rings. The van der Waals surface area contributed by atoms with E-state index in [2.05, 4.69) is 58.5 Å². The van der Waals surface area contributed by atoms with Crippen LogP contribution >= 0.6 is 0 Å². The maximum atomic E-state index is 6.37. The molecule has 2 aromatic rings. The molecule has 26 heavy (non-hydrogen) atoms. The molecule has 1 aromatic heterocycles. The summed E-state index contributed by atoms with van der Waals surface area (Å²) < 4.78 is 8.25. The lowest BCUT2D eigenvalue weighted by Crippen LogP contribution is -2.44. The van der Waals surface area contributed by atoms with Crippen molar-refractivity contribution < 1.29 is 4.74 Å². The molecule has 0 aliphatic carbocycles. The summed E-state index contributed by atoms with van der Waals surface area (Å²) in [7, 11) is 4.21. The Hall–Kier alpha value is -1.69. The number of nitrogens with zero attached hydrogens (tertiary/aromatic N) is 4. The number of likely N-dealkylation sites (tertiary alicyclic amines) is 1. The summed E-state index contributed by atoms with van der Waals surface area (Å²) in [6.07, 6.45) is 7.54. The maximum Gasteiger partial charge on any atom is 0.0723 e. The molecule has 2 aliphatic heterocycles. The number of hydrogen-bond acceptors (Lipinski definition) is 4. The molecule has 2 fully saturated rings. The van der Waals surface area contributed by atoms with Crippen LogP contribution in [-0.2, 0) is 24.9 Å². The minimum absolute atomic E-state index is 0.0983. The number of piperidine rings is 1. The van der Waals surface area contributed by atoms with Gasteiger partial charge in [0.1, 0.15) is 0 Å². The second-order valence-electron chi connectivity index (χ2n) is 8.05. The molecule has 140 valence electrons. The van der Waals surface area contributed by atoms with Gasteiger partial charge in [-0.25, -0.2) is 0 Å².